The minimum Gasteiger partial charge on any atom is -0.494 e. The zero-order valence-electron chi connectivity index (χ0n) is 29.3. The Morgan fingerprint density at radius 3 is 2.60 bits per heavy atom. The Kier molecular flexibility index (Phi) is 11.2. The van der Waals surface area contributed by atoms with Crippen LogP contribution in [-0.2, 0) is 19.1 Å². The molecule has 2 unspecified atom stereocenters. The summed E-state index contributed by atoms with van der Waals surface area (Å²) in [6.45, 7) is 14.3. The molecule has 13 heteroatoms. The van der Waals surface area contributed by atoms with Gasteiger partial charge in [0.25, 0.3) is 0 Å². The molecule has 0 radical (unpaired) electrons. The Bertz CT molecular complexity index is 1680. The van der Waals surface area contributed by atoms with Crippen LogP contribution in [0.5, 0.6) is 5.75 Å². The smallest absolute Gasteiger partial charge is 0.338 e. The van der Waals surface area contributed by atoms with Crippen LogP contribution in [0.4, 0.5) is 28.7 Å². The average Bonchev–Trinajstić information content (AvgIpc) is 3.62. The molecule has 4 heterocycles. The third-order valence-corrected chi connectivity index (χ3v) is 9.25. The molecule has 3 aliphatic rings. The molecule has 2 aromatic carbocycles. The average molecular weight is 686 g/mol. The topological polar surface area (TPSA) is 131 Å². The van der Waals surface area contributed by atoms with E-state index < -0.39 is 0 Å². The number of piperidine rings is 1. The number of rotatable bonds is 11. The summed E-state index contributed by atoms with van der Waals surface area (Å²) < 4.78 is 17.0. The van der Waals surface area contributed by atoms with Crippen LogP contribution >= 0.6 is 0 Å². The van der Waals surface area contributed by atoms with E-state index in [1.165, 1.54) is 12.4 Å². The summed E-state index contributed by atoms with van der Waals surface area (Å²) in [5, 5.41) is 8.12. The van der Waals surface area contributed by atoms with Crippen LogP contribution in [0.1, 0.15) is 62.0 Å². The number of aromatic nitrogens is 2. The number of hydroxylamine groups is 1. The highest BCUT2D eigenvalue weighted by Crippen LogP contribution is 2.41. The number of anilines is 5. The maximum Gasteiger partial charge on any atom is 0.338 e. The van der Waals surface area contributed by atoms with Gasteiger partial charge in [0.1, 0.15) is 17.9 Å². The van der Waals surface area contributed by atoms with E-state index in [1.807, 2.05) is 44.2 Å². The van der Waals surface area contributed by atoms with Crippen LogP contribution in [0.3, 0.4) is 0 Å². The van der Waals surface area contributed by atoms with Gasteiger partial charge in [-0.2, -0.15) is 0 Å². The van der Waals surface area contributed by atoms with Gasteiger partial charge in [0, 0.05) is 50.8 Å². The summed E-state index contributed by atoms with van der Waals surface area (Å²) in [6.07, 6.45) is 5.50. The molecule has 50 heavy (non-hydrogen) atoms. The van der Waals surface area contributed by atoms with Gasteiger partial charge in [0.2, 0.25) is 5.91 Å². The van der Waals surface area contributed by atoms with E-state index in [1.54, 1.807) is 24.3 Å². The lowest BCUT2D eigenvalue weighted by atomic mass is 10.0. The Labute approximate surface area is 293 Å². The number of nitrogens with zero attached hydrogens (tertiary/aromatic N) is 5. The SMILES string of the molecule is C=CC(=O)Nc1cc(Nc2cc(N3OCCC3c3cccc(C(=O)OC(C)C)c3)ncn2)c(OC)cc1N1CCC(N2CCOC(C)C2)CC1. The Morgan fingerprint density at radius 2 is 1.86 bits per heavy atom. The normalized spacial score (nSPS) is 20.1. The first-order valence-corrected chi connectivity index (χ1v) is 17.3. The summed E-state index contributed by atoms with van der Waals surface area (Å²) in [6, 6.07) is 13.4. The molecule has 0 bridgehead atoms. The number of carbonyl (C=O) groups excluding carboxylic acids is 2. The number of esters is 1. The summed E-state index contributed by atoms with van der Waals surface area (Å²) in [5.74, 6) is 0.986. The second-order valence-electron chi connectivity index (χ2n) is 13.1. The maximum absolute atomic E-state index is 12.6. The quantitative estimate of drug-likeness (QED) is 0.196. The number of morpholine rings is 1. The summed E-state index contributed by atoms with van der Waals surface area (Å²) in [4.78, 5) is 45.0. The van der Waals surface area contributed by atoms with Crippen molar-refractivity contribution >= 4 is 40.6 Å². The van der Waals surface area contributed by atoms with Crippen molar-refractivity contribution in [1.82, 2.24) is 14.9 Å². The zero-order valence-corrected chi connectivity index (χ0v) is 29.3. The van der Waals surface area contributed by atoms with Gasteiger partial charge in [-0.3, -0.25) is 14.5 Å². The molecule has 266 valence electrons. The summed E-state index contributed by atoms with van der Waals surface area (Å²) >= 11 is 0. The first-order valence-electron chi connectivity index (χ1n) is 17.3. The van der Waals surface area contributed by atoms with Crippen LogP contribution < -0.4 is 25.3 Å². The van der Waals surface area contributed by atoms with E-state index >= 15 is 0 Å². The molecule has 3 aliphatic heterocycles. The highest BCUT2D eigenvalue weighted by Gasteiger charge is 2.31. The molecule has 13 nitrogen and oxygen atoms in total. The number of methoxy groups -OCH3 is 1. The number of amides is 1. The van der Waals surface area contributed by atoms with Crippen molar-refractivity contribution in [1.29, 1.82) is 0 Å². The molecular formula is C37H47N7O6. The summed E-state index contributed by atoms with van der Waals surface area (Å²) in [7, 11) is 1.62. The fraction of sp³-hybridized carbons (Fsp3) is 0.459. The van der Waals surface area contributed by atoms with Gasteiger partial charge in [-0.15, -0.1) is 0 Å². The monoisotopic (exact) mass is 685 g/mol. The van der Waals surface area contributed by atoms with Crippen LogP contribution in [0.25, 0.3) is 0 Å². The van der Waals surface area contributed by atoms with Gasteiger partial charge in [-0.05, 0) is 63.5 Å². The number of hydrogen-bond acceptors (Lipinski definition) is 12. The fourth-order valence-corrected chi connectivity index (χ4v) is 6.86. The molecule has 0 saturated carbocycles. The summed E-state index contributed by atoms with van der Waals surface area (Å²) in [5.41, 5.74) is 3.54. The molecule has 6 rings (SSSR count). The van der Waals surface area contributed by atoms with E-state index in [0.29, 0.717) is 53.4 Å². The lowest BCUT2D eigenvalue weighted by molar-refractivity contribution is -0.111. The number of carbonyl (C=O) groups is 2. The maximum atomic E-state index is 12.6. The van der Waals surface area contributed by atoms with Gasteiger partial charge in [-0.1, -0.05) is 18.7 Å². The third kappa shape index (κ3) is 8.18. The van der Waals surface area contributed by atoms with Crippen LogP contribution in [0.2, 0.25) is 0 Å². The van der Waals surface area contributed by atoms with Crippen molar-refractivity contribution < 1.29 is 28.6 Å². The van der Waals surface area contributed by atoms with Crippen molar-refractivity contribution in [2.75, 3.05) is 67.1 Å². The third-order valence-electron chi connectivity index (χ3n) is 9.25. The van der Waals surface area contributed by atoms with E-state index in [2.05, 4.69) is 43.9 Å². The van der Waals surface area contributed by atoms with Crippen molar-refractivity contribution in [2.24, 2.45) is 0 Å². The minimum absolute atomic E-state index is 0.171. The van der Waals surface area contributed by atoms with E-state index in [9.17, 15) is 9.59 Å². The second kappa shape index (κ2) is 15.9. The molecule has 3 aromatic rings. The van der Waals surface area contributed by atoms with Crippen LogP contribution in [0.15, 0.2) is 61.4 Å². The van der Waals surface area contributed by atoms with Crippen molar-refractivity contribution in [3.63, 3.8) is 0 Å². The molecule has 1 aromatic heterocycles. The van der Waals surface area contributed by atoms with Gasteiger partial charge in [0.05, 0.1) is 61.2 Å². The minimum atomic E-state index is -0.364. The van der Waals surface area contributed by atoms with Gasteiger partial charge in [0.15, 0.2) is 5.82 Å². The second-order valence-corrected chi connectivity index (χ2v) is 13.1. The largest absolute Gasteiger partial charge is 0.494 e. The number of benzene rings is 2. The Hall–Kier alpha value is -4.72. The van der Waals surface area contributed by atoms with Gasteiger partial charge in [-0.25, -0.2) is 19.8 Å². The van der Waals surface area contributed by atoms with Crippen LogP contribution in [-0.4, -0.2) is 91.5 Å². The predicted octanol–water partition coefficient (Wildman–Crippen LogP) is 5.49. The number of hydrogen-bond donors (Lipinski definition) is 2. The fourth-order valence-electron chi connectivity index (χ4n) is 6.86. The highest BCUT2D eigenvalue weighted by atomic mass is 16.7. The first-order chi connectivity index (χ1) is 24.2. The van der Waals surface area contributed by atoms with Crippen molar-refractivity contribution in [3.8, 4) is 5.75 Å². The van der Waals surface area contributed by atoms with Gasteiger partial charge >= 0.3 is 5.97 Å². The molecule has 3 fully saturated rings. The lowest BCUT2D eigenvalue weighted by Gasteiger charge is -2.42. The lowest BCUT2D eigenvalue weighted by Crippen LogP contribution is -2.51. The molecule has 1 amide bonds. The first kappa shape index (κ1) is 35.1. The Morgan fingerprint density at radius 1 is 1.04 bits per heavy atom. The van der Waals surface area contributed by atoms with E-state index in [0.717, 1.165) is 56.9 Å². The Balaban J connectivity index is 1.21. The predicted molar refractivity (Wildman–Crippen MR) is 192 cm³/mol. The number of ether oxygens (including phenoxy) is 3. The standard InChI is InChI=1S/C37H47N7O6/c1-6-36(45)41-29-19-30(33(47-5)20-32(29)42-13-10-28(11-14-42)43-15-17-48-25(4)22-43)40-34-21-35(39-23-38-34)44-31(12-16-49-44)26-8-7-9-27(18-26)37(46)50-24(2)3/h6-9,18-21,23-25,28,31H,1,10-17,22H2,2-5H3,(H,41,45)(H,38,39,40). The molecule has 2 N–H and O–H groups in total. The van der Waals surface area contributed by atoms with Crippen LogP contribution in [0, 0.1) is 0 Å². The molecule has 3 saturated heterocycles. The molecule has 0 spiro atoms. The molecule has 2 atom stereocenters. The zero-order chi connectivity index (χ0) is 35.2. The molecular weight excluding hydrogens is 638 g/mol. The van der Waals surface area contributed by atoms with E-state index in [4.69, 9.17) is 19.0 Å². The van der Waals surface area contributed by atoms with Crippen molar-refractivity contribution in [3.05, 3.63) is 72.6 Å². The van der Waals surface area contributed by atoms with Gasteiger partial charge < -0.3 is 29.7 Å². The van der Waals surface area contributed by atoms with E-state index in [-0.39, 0.29) is 30.1 Å². The number of nitrogens with one attached hydrogen (secondary N) is 2. The highest BCUT2D eigenvalue weighted by molar-refractivity contribution is 6.02. The molecule has 0 aliphatic carbocycles. The van der Waals surface area contributed by atoms with Crippen molar-refractivity contribution in [2.45, 2.75) is 64.3 Å².